The highest BCUT2D eigenvalue weighted by molar-refractivity contribution is 7.98. The van der Waals surface area contributed by atoms with Crippen LogP contribution in [-0.4, -0.2) is 67.3 Å². The van der Waals surface area contributed by atoms with Gasteiger partial charge in [0.1, 0.15) is 11.3 Å². The molecule has 3 aromatic heterocycles. The lowest BCUT2D eigenvalue weighted by molar-refractivity contribution is -0.130. The predicted molar refractivity (Wildman–Crippen MR) is 113 cm³/mol. The Morgan fingerprint density at radius 3 is 3.14 bits per heavy atom. The second kappa shape index (κ2) is 8.56. The maximum absolute atomic E-state index is 12.2. The molecule has 4 heterocycles. The minimum absolute atomic E-state index is 0.0111. The van der Waals surface area contributed by atoms with Crippen LogP contribution in [-0.2, 0) is 4.79 Å². The summed E-state index contributed by atoms with van der Waals surface area (Å²) in [7, 11) is 0. The number of nitrogens with zero attached hydrogens (tertiary/aromatic N) is 5. The molecule has 1 unspecified atom stereocenters. The minimum atomic E-state index is -0.0111. The van der Waals surface area contributed by atoms with Gasteiger partial charge >= 0.3 is 0 Å². The molecule has 4 rings (SSSR count). The second-order valence-electron chi connectivity index (χ2n) is 6.82. The molecule has 0 aromatic carbocycles. The smallest absolute Gasteiger partial charge is 0.227 e. The molecule has 1 aliphatic rings. The minimum Gasteiger partial charge on any atom is -0.365 e. The summed E-state index contributed by atoms with van der Waals surface area (Å²) >= 11 is 1.47. The van der Waals surface area contributed by atoms with E-state index in [0.29, 0.717) is 23.2 Å². The first-order chi connectivity index (χ1) is 14.2. The van der Waals surface area contributed by atoms with Crippen molar-refractivity contribution < 1.29 is 4.79 Å². The third-order valence-corrected chi connectivity index (χ3v) is 5.44. The molecule has 0 spiro atoms. The largest absolute Gasteiger partial charge is 0.365 e. The number of amides is 1. The number of piperidine rings is 1. The van der Waals surface area contributed by atoms with Crippen molar-refractivity contribution in [3.63, 3.8) is 0 Å². The molecular weight excluding hydrogens is 388 g/mol. The highest BCUT2D eigenvalue weighted by Crippen LogP contribution is 2.28. The number of rotatable bonds is 6. The van der Waals surface area contributed by atoms with Crippen LogP contribution in [0.2, 0.25) is 0 Å². The summed E-state index contributed by atoms with van der Waals surface area (Å²) in [6.45, 7) is 1.32. The van der Waals surface area contributed by atoms with E-state index >= 15 is 0 Å². The lowest BCUT2D eigenvalue weighted by atomic mass is 10.0. The number of hydrogen-bond acceptors (Lipinski definition) is 8. The zero-order chi connectivity index (χ0) is 20.2. The summed E-state index contributed by atoms with van der Waals surface area (Å²) in [6, 6.07) is 1.95. The van der Waals surface area contributed by atoms with Crippen molar-refractivity contribution in [2.45, 2.75) is 30.5 Å². The van der Waals surface area contributed by atoms with Crippen molar-refractivity contribution in [3.8, 4) is 11.3 Å². The second-order valence-corrected chi connectivity index (χ2v) is 7.59. The van der Waals surface area contributed by atoms with Crippen LogP contribution in [0.5, 0.6) is 0 Å². The van der Waals surface area contributed by atoms with Crippen LogP contribution in [0.3, 0.4) is 0 Å². The Kier molecular flexibility index (Phi) is 5.70. The number of likely N-dealkylation sites (tertiary alicyclic amines) is 1. The number of H-pyrrole nitrogens is 1. The van der Waals surface area contributed by atoms with Crippen LogP contribution >= 0.6 is 11.8 Å². The highest BCUT2D eigenvalue weighted by Gasteiger charge is 2.24. The average Bonchev–Trinajstić information content (AvgIpc) is 3.22. The summed E-state index contributed by atoms with van der Waals surface area (Å²) in [5.74, 6) is 0.683. The van der Waals surface area contributed by atoms with Gasteiger partial charge in [0.05, 0.1) is 23.9 Å². The van der Waals surface area contributed by atoms with Crippen LogP contribution in [0.1, 0.15) is 19.3 Å². The summed E-state index contributed by atoms with van der Waals surface area (Å²) < 4.78 is 0. The number of thioether (sulfide) groups is 1. The van der Waals surface area contributed by atoms with E-state index in [1.54, 1.807) is 12.4 Å². The molecular formula is C19H22N8OS. The highest BCUT2D eigenvalue weighted by atomic mass is 32.2. The Morgan fingerprint density at radius 2 is 2.31 bits per heavy atom. The SMILES string of the molecule is CSc1ncc(-c2cnc3[nH]ccc3n2)c(NC2CCCN(C(=O)CC=N)C2)n1. The van der Waals surface area contributed by atoms with Gasteiger partial charge in [-0.2, -0.15) is 0 Å². The fraction of sp³-hybridized carbons (Fsp3) is 0.368. The van der Waals surface area contributed by atoms with Gasteiger partial charge in [-0.1, -0.05) is 11.8 Å². The zero-order valence-corrected chi connectivity index (χ0v) is 16.9. The molecule has 1 amide bonds. The topological polar surface area (TPSA) is 124 Å². The molecule has 0 aliphatic carbocycles. The van der Waals surface area contributed by atoms with E-state index in [9.17, 15) is 4.79 Å². The van der Waals surface area contributed by atoms with Gasteiger partial charge in [0, 0.05) is 37.7 Å². The van der Waals surface area contributed by atoms with Crippen LogP contribution in [0, 0.1) is 5.41 Å². The molecule has 9 nitrogen and oxygen atoms in total. The summed E-state index contributed by atoms with van der Waals surface area (Å²) in [6.07, 6.45) is 10.4. The summed E-state index contributed by atoms with van der Waals surface area (Å²) in [5.41, 5.74) is 2.99. The number of anilines is 1. The van der Waals surface area contributed by atoms with E-state index in [4.69, 9.17) is 5.41 Å². The Balaban J connectivity index is 1.62. The lowest BCUT2D eigenvalue weighted by Crippen LogP contribution is -2.45. The van der Waals surface area contributed by atoms with Crippen molar-refractivity contribution in [2.75, 3.05) is 24.7 Å². The molecule has 3 aromatic rings. The molecule has 0 saturated carbocycles. The molecule has 1 atom stereocenters. The number of fused-ring (bicyclic) bond motifs is 1. The summed E-state index contributed by atoms with van der Waals surface area (Å²) in [4.78, 5) is 35.2. The van der Waals surface area contributed by atoms with Crippen molar-refractivity contribution in [1.29, 1.82) is 5.41 Å². The maximum atomic E-state index is 12.2. The van der Waals surface area contributed by atoms with E-state index in [0.717, 1.165) is 42.3 Å². The lowest BCUT2D eigenvalue weighted by Gasteiger charge is -2.33. The molecule has 150 valence electrons. The number of hydrogen-bond donors (Lipinski definition) is 3. The molecule has 10 heteroatoms. The Morgan fingerprint density at radius 1 is 1.41 bits per heavy atom. The van der Waals surface area contributed by atoms with Gasteiger partial charge in [-0.3, -0.25) is 4.79 Å². The Labute approximate surface area is 172 Å². The van der Waals surface area contributed by atoms with Gasteiger partial charge < -0.3 is 20.6 Å². The zero-order valence-electron chi connectivity index (χ0n) is 16.1. The summed E-state index contributed by atoms with van der Waals surface area (Å²) in [5, 5.41) is 11.3. The fourth-order valence-electron chi connectivity index (χ4n) is 3.45. The first-order valence-electron chi connectivity index (χ1n) is 9.42. The van der Waals surface area contributed by atoms with Crippen LogP contribution in [0.25, 0.3) is 22.4 Å². The number of nitrogens with one attached hydrogen (secondary N) is 3. The number of aromatic nitrogens is 5. The maximum Gasteiger partial charge on any atom is 0.227 e. The van der Waals surface area contributed by atoms with E-state index < -0.39 is 0 Å². The number of aromatic amines is 1. The monoisotopic (exact) mass is 410 g/mol. The van der Waals surface area contributed by atoms with Gasteiger partial charge in [-0.15, -0.1) is 0 Å². The quantitative estimate of drug-likeness (QED) is 0.324. The van der Waals surface area contributed by atoms with E-state index in [2.05, 4.69) is 30.2 Å². The molecule has 0 radical (unpaired) electrons. The van der Waals surface area contributed by atoms with Crippen molar-refractivity contribution in [2.24, 2.45) is 0 Å². The molecule has 1 saturated heterocycles. The van der Waals surface area contributed by atoms with Gasteiger partial charge in [0.15, 0.2) is 10.8 Å². The van der Waals surface area contributed by atoms with Crippen molar-refractivity contribution in [3.05, 3.63) is 24.7 Å². The van der Waals surface area contributed by atoms with Crippen LogP contribution < -0.4 is 5.32 Å². The first-order valence-corrected chi connectivity index (χ1v) is 10.6. The fourth-order valence-corrected chi connectivity index (χ4v) is 3.79. The predicted octanol–water partition coefficient (Wildman–Crippen LogP) is 2.58. The van der Waals surface area contributed by atoms with E-state index in [1.807, 2.05) is 23.4 Å². The van der Waals surface area contributed by atoms with Crippen molar-refractivity contribution in [1.82, 2.24) is 29.8 Å². The third-order valence-electron chi connectivity index (χ3n) is 4.88. The third kappa shape index (κ3) is 4.21. The van der Waals surface area contributed by atoms with E-state index in [-0.39, 0.29) is 18.4 Å². The normalized spacial score (nSPS) is 16.7. The molecule has 3 N–H and O–H groups in total. The molecule has 29 heavy (non-hydrogen) atoms. The van der Waals surface area contributed by atoms with Crippen LogP contribution in [0.4, 0.5) is 5.82 Å². The molecule has 1 fully saturated rings. The van der Waals surface area contributed by atoms with Crippen LogP contribution in [0.15, 0.2) is 29.8 Å². The Hall–Kier alpha value is -3.01. The van der Waals surface area contributed by atoms with Gasteiger partial charge in [-0.05, 0) is 25.2 Å². The average molecular weight is 411 g/mol. The number of carbonyl (C=O) groups excluding carboxylic acids is 1. The van der Waals surface area contributed by atoms with Gasteiger partial charge in [-0.25, -0.2) is 19.9 Å². The Bertz CT molecular complexity index is 1040. The van der Waals surface area contributed by atoms with Crippen molar-refractivity contribution >= 4 is 40.9 Å². The van der Waals surface area contributed by atoms with E-state index in [1.165, 1.54) is 11.8 Å². The molecule has 1 aliphatic heterocycles. The molecule has 0 bridgehead atoms. The first kappa shape index (κ1) is 19.3. The van der Waals surface area contributed by atoms with Gasteiger partial charge in [0.25, 0.3) is 0 Å². The standard InChI is InChI=1S/C19H22N8OS/c1-29-19-23-9-13(15-10-22-18-14(25-15)5-7-21-18)17(26-19)24-12-3-2-8-27(11-12)16(28)4-6-20/h5-7,9-10,12,20H,2-4,8,11H2,1H3,(H,21,22)(H,23,24,26). The van der Waals surface area contributed by atoms with Gasteiger partial charge in [0.2, 0.25) is 5.91 Å². The number of carbonyl (C=O) groups is 1.